The molecule has 6 heteroatoms. The van der Waals surface area contributed by atoms with Crippen LogP contribution in [-0.2, 0) is 9.15 Å². The Kier molecular flexibility index (Phi) is 9.05. The Balaban J connectivity index is 0. The van der Waals surface area contributed by atoms with Gasteiger partial charge in [-0.2, -0.15) is 0 Å². The van der Waals surface area contributed by atoms with E-state index in [4.69, 9.17) is 0 Å². The minimum atomic E-state index is -4.05. The zero-order valence-electron chi connectivity index (χ0n) is 7.03. The second kappa shape index (κ2) is 6.74. The van der Waals surface area contributed by atoms with E-state index in [0.717, 1.165) is 6.42 Å². The molecule has 0 aliphatic heterocycles. The Hall–Kier alpha value is 1.26. The average Bonchev–Trinajstić information content (AvgIpc) is 1.59. The molecule has 0 spiro atoms. The molecule has 0 unspecified atom stereocenters. The van der Waals surface area contributed by atoms with Crippen LogP contribution in [0.4, 0.5) is 0 Å². The zero-order chi connectivity index (χ0) is 8.20. The van der Waals surface area contributed by atoms with Crippen molar-refractivity contribution in [2.24, 2.45) is 5.92 Å². The summed E-state index contributed by atoms with van der Waals surface area (Å²) in [7, 11) is -3.57. The maximum absolute atomic E-state index is 10.0. The fourth-order valence-electron chi connectivity index (χ4n) is 0.386. The smallest absolute Gasteiger partial charge is 0.739 e. The molecule has 0 amide bonds. The van der Waals surface area contributed by atoms with E-state index in [1.165, 1.54) is 0 Å². The van der Waals surface area contributed by atoms with Crippen LogP contribution in [0.15, 0.2) is 0 Å². The van der Waals surface area contributed by atoms with Gasteiger partial charge in [-0.1, -0.05) is 13.8 Å². The molecule has 62 valence electrons. The van der Waals surface area contributed by atoms with Crippen molar-refractivity contribution in [3.05, 3.63) is 0 Å². The molecule has 0 radical (unpaired) electrons. The molecule has 3 nitrogen and oxygen atoms in total. The predicted octanol–water partition coefficient (Wildman–Crippen LogP) is -1.77. The summed E-state index contributed by atoms with van der Waals surface area (Å²) >= 11 is 0. The van der Waals surface area contributed by atoms with Crippen molar-refractivity contribution in [1.29, 1.82) is 0 Å². The van der Waals surface area contributed by atoms with Crippen LogP contribution < -0.4 is 29.6 Å². The Labute approximate surface area is 93.8 Å². The van der Waals surface area contributed by atoms with Gasteiger partial charge in [0, 0.05) is 5.75 Å². The quantitative estimate of drug-likeness (QED) is 0.310. The molecule has 0 fully saturated rings. The predicted molar refractivity (Wildman–Crippen MR) is 41.6 cm³/mol. The zero-order valence-corrected chi connectivity index (χ0v) is 10.7. The first-order valence-electron chi connectivity index (χ1n) is 3.02. The molecule has 0 aliphatic rings. The third kappa shape index (κ3) is 14.2. The normalized spacial score (nSPS) is 11.3. The minimum absolute atomic E-state index is 0. The van der Waals surface area contributed by atoms with Crippen LogP contribution in [0.5, 0.6) is 0 Å². The van der Waals surface area contributed by atoms with E-state index in [9.17, 15) is 13.0 Å². The molecule has 0 heterocycles. The third-order valence-corrected chi connectivity index (χ3v) is 2.98. The van der Waals surface area contributed by atoms with Gasteiger partial charge in [-0.05, 0) is 23.1 Å². The molecule has 11 heavy (non-hydrogen) atoms. The second-order valence-electron chi connectivity index (χ2n) is 2.41. The van der Waals surface area contributed by atoms with Gasteiger partial charge in [-0.15, -0.1) is 0 Å². The van der Waals surface area contributed by atoms with Gasteiger partial charge >= 0.3 is 29.6 Å². The van der Waals surface area contributed by atoms with Crippen molar-refractivity contribution in [3.8, 4) is 0 Å². The monoisotopic (exact) mass is 206 g/mol. The molecule has 0 saturated heterocycles. The third-order valence-electron chi connectivity index (χ3n) is 0.923. The Morgan fingerprint density at radius 2 is 1.91 bits per heavy atom. The molecule has 0 rings (SSSR count). The molecule has 0 bridgehead atoms. The van der Waals surface area contributed by atoms with Gasteiger partial charge in [0.05, 0.1) is 0 Å². The van der Waals surface area contributed by atoms with Crippen LogP contribution in [0.25, 0.3) is 0 Å². The molecule has 0 aliphatic carbocycles. The first kappa shape index (κ1) is 14.8. The first-order valence-corrected chi connectivity index (χ1v) is 5.93. The van der Waals surface area contributed by atoms with E-state index in [0.29, 0.717) is 22.5 Å². The summed E-state index contributed by atoms with van der Waals surface area (Å²) in [6.45, 7) is 3.97. The van der Waals surface area contributed by atoms with Crippen molar-refractivity contribution < 1.29 is 42.5 Å². The van der Waals surface area contributed by atoms with Crippen molar-refractivity contribution in [1.82, 2.24) is 0 Å². The average molecular weight is 206 g/mol. The second-order valence-corrected chi connectivity index (χ2v) is 5.81. The summed E-state index contributed by atoms with van der Waals surface area (Å²) in [6.07, 6.45) is 0.770. The van der Waals surface area contributed by atoms with Crippen LogP contribution in [-0.4, -0.2) is 18.7 Å². The van der Waals surface area contributed by atoms with E-state index < -0.39 is 9.15 Å². The van der Waals surface area contributed by atoms with Gasteiger partial charge in [-0.25, -0.2) is 8.42 Å². The van der Waals surface area contributed by atoms with E-state index >= 15 is 0 Å². The number of rotatable bonds is 4. The van der Waals surface area contributed by atoms with Gasteiger partial charge in [0.15, 0.2) is 0 Å². The Morgan fingerprint density at radius 1 is 1.45 bits per heavy atom. The summed E-state index contributed by atoms with van der Waals surface area (Å²) in [5, 5.41) is 0. The summed E-state index contributed by atoms with van der Waals surface area (Å²) < 4.78 is 30.1. The molecular formula is C5H11NaO3S2. The molecule has 0 aromatic carbocycles. The van der Waals surface area contributed by atoms with Crippen LogP contribution in [0.2, 0.25) is 0 Å². The van der Waals surface area contributed by atoms with E-state index in [2.05, 4.69) is 0 Å². The first-order chi connectivity index (χ1) is 4.42. The van der Waals surface area contributed by atoms with Gasteiger partial charge < -0.3 is 4.55 Å². The molecule has 0 N–H and O–H groups in total. The maximum Gasteiger partial charge on any atom is 1.00 e. The SMILES string of the molecule is CC(C)CCSS(=O)(=O)[O-].[Na+]. The molecule has 0 aromatic rings. The fraction of sp³-hybridized carbons (Fsp3) is 1.00. The van der Waals surface area contributed by atoms with Gasteiger partial charge in [0.25, 0.3) is 0 Å². The summed E-state index contributed by atoms with van der Waals surface area (Å²) in [4.78, 5) is 0. The molecule has 0 atom stereocenters. The van der Waals surface area contributed by atoms with E-state index in [-0.39, 0.29) is 29.6 Å². The van der Waals surface area contributed by atoms with E-state index in [1.807, 2.05) is 13.8 Å². The number of hydrogen-bond donors (Lipinski definition) is 0. The molecular weight excluding hydrogens is 195 g/mol. The van der Waals surface area contributed by atoms with Crippen molar-refractivity contribution >= 4 is 19.9 Å². The van der Waals surface area contributed by atoms with Crippen LogP contribution in [0, 0.1) is 5.92 Å². The van der Waals surface area contributed by atoms with Gasteiger partial charge in [0.2, 0.25) is 0 Å². The van der Waals surface area contributed by atoms with Gasteiger partial charge in [-0.3, -0.25) is 0 Å². The Bertz CT molecular complexity index is 176. The minimum Gasteiger partial charge on any atom is -0.739 e. The summed E-state index contributed by atoms with van der Waals surface area (Å²) in [5.41, 5.74) is 0. The summed E-state index contributed by atoms with van der Waals surface area (Å²) in [5.74, 6) is 0.859. The van der Waals surface area contributed by atoms with Crippen molar-refractivity contribution in [3.63, 3.8) is 0 Å². The number of hydrogen-bond acceptors (Lipinski definition) is 4. The standard InChI is InChI=1S/C5H12O3S2.Na/c1-5(2)3-4-9-10(6,7)8;/h5H,3-4H2,1-2H3,(H,6,7,8);/q;+1/p-1. The summed E-state index contributed by atoms with van der Waals surface area (Å²) in [6, 6.07) is 0. The van der Waals surface area contributed by atoms with Crippen molar-refractivity contribution in [2.75, 3.05) is 5.75 Å². The topological polar surface area (TPSA) is 57.2 Å². The molecule has 0 saturated carbocycles. The largest absolute Gasteiger partial charge is 1.00 e. The van der Waals surface area contributed by atoms with E-state index in [1.54, 1.807) is 0 Å². The maximum atomic E-state index is 10.0. The van der Waals surface area contributed by atoms with Crippen LogP contribution in [0.3, 0.4) is 0 Å². The van der Waals surface area contributed by atoms with Crippen LogP contribution >= 0.6 is 10.8 Å². The van der Waals surface area contributed by atoms with Crippen LogP contribution in [0.1, 0.15) is 20.3 Å². The van der Waals surface area contributed by atoms with Gasteiger partial charge in [0.1, 0.15) is 9.15 Å². The van der Waals surface area contributed by atoms with Crippen molar-refractivity contribution in [2.45, 2.75) is 20.3 Å². The Morgan fingerprint density at radius 3 is 2.18 bits per heavy atom. The molecule has 0 aromatic heterocycles. The fourth-order valence-corrected chi connectivity index (χ4v) is 2.06.